The molecule has 0 radical (unpaired) electrons. The van der Waals surface area contributed by atoms with Crippen molar-refractivity contribution >= 4 is 15.7 Å². The van der Waals surface area contributed by atoms with E-state index in [0.717, 1.165) is 18.2 Å². The van der Waals surface area contributed by atoms with E-state index in [1.165, 1.54) is 0 Å². The fourth-order valence-electron chi connectivity index (χ4n) is 2.33. The van der Waals surface area contributed by atoms with Gasteiger partial charge in [0.25, 0.3) is 10.0 Å². The second-order valence-corrected chi connectivity index (χ2v) is 6.93. The van der Waals surface area contributed by atoms with Crippen LogP contribution in [0.1, 0.15) is 31.3 Å². The maximum absolute atomic E-state index is 13.7. The first-order valence-electron chi connectivity index (χ1n) is 6.70. The fourth-order valence-corrected chi connectivity index (χ4v) is 3.79. The van der Waals surface area contributed by atoms with Gasteiger partial charge >= 0.3 is 0 Å². The van der Waals surface area contributed by atoms with Crippen LogP contribution in [0, 0.1) is 19.7 Å². The van der Waals surface area contributed by atoms with Gasteiger partial charge in [0.1, 0.15) is 16.5 Å². The van der Waals surface area contributed by atoms with Crippen LogP contribution in [0.4, 0.5) is 10.1 Å². The molecule has 0 atom stereocenters. The molecule has 0 fully saturated rings. The molecule has 0 aliphatic carbocycles. The van der Waals surface area contributed by atoms with Gasteiger partial charge < -0.3 is 5.11 Å². The predicted molar refractivity (Wildman–Crippen MR) is 81.0 cm³/mol. The zero-order valence-corrected chi connectivity index (χ0v) is 13.6. The lowest BCUT2D eigenvalue weighted by molar-refractivity contribution is 0.473. The summed E-state index contributed by atoms with van der Waals surface area (Å²) in [6, 6.07) is 3.15. The smallest absolute Gasteiger partial charge is 0.265 e. The van der Waals surface area contributed by atoms with E-state index >= 15 is 0 Å². The number of nitrogens with zero attached hydrogens (tertiary/aromatic N) is 2. The van der Waals surface area contributed by atoms with Crippen LogP contribution < -0.4 is 4.72 Å². The number of hydrogen-bond donors (Lipinski definition) is 2. The standard InChI is InChI=1S/C14H18FN3O3S/c1-8(2)18-10(4)14(9(3)16-18)22(20,21)17-13-7-11(19)5-6-12(13)15/h5-8,17,19H,1-4H3. The zero-order chi connectivity index (χ0) is 16.7. The molecule has 0 saturated carbocycles. The Balaban J connectivity index is 2.50. The minimum atomic E-state index is -4.01. The third-order valence-corrected chi connectivity index (χ3v) is 4.83. The number of aromatic nitrogens is 2. The Kier molecular flexibility index (Phi) is 4.15. The van der Waals surface area contributed by atoms with E-state index in [1.54, 1.807) is 18.5 Å². The van der Waals surface area contributed by atoms with Crippen molar-refractivity contribution in [2.24, 2.45) is 0 Å². The minimum Gasteiger partial charge on any atom is -0.508 e. The summed E-state index contributed by atoms with van der Waals surface area (Å²) < 4.78 is 42.5. The Morgan fingerprint density at radius 3 is 2.50 bits per heavy atom. The maximum atomic E-state index is 13.7. The van der Waals surface area contributed by atoms with E-state index in [9.17, 15) is 17.9 Å². The van der Waals surface area contributed by atoms with Crippen LogP contribution in [0.2, 0.25) is 0 Å². The van der Waals surface area contributed by atoms with Gasteiger partial charge in [0.15, 0.2) is 0 Å². The van der Waals surface area contributed by atoms with Crippen molar-refractivity contribution in [2.75, 3.05) is 4.72 Å². The van der Waals surface area contributed by atoms with Crippen molar-refractivity contribution in [3.05, 3.63) is 35.4 Å². The van der Waals surface area contributed by atoms with E-state index in [-0.39, 0.29) is 22.4 Å². The highest BCUT2D eigenvalue weighted by Gasteiger charge is 2.26. The lowest BCUT2D eigenvalue weighted by Gasteiger charge is -2.11. The highest BCUT2D eigenvalue weighted by molar-refractivity contribution is 7.92. The molecule has 120 valence electrons. The minimum absolute atomic E-state index is 0.000144. The van der Waals surface area contributed by atoms with Gasteiger partial charge in [-0.15, -0.1) is 0 Å². The summed E-state index contributed by atoms with van der Waals surface area (Å²) in [6.45, 7) is 7.00. The number of phenols is 1. The van der Waals surface area contributed by atoms with Crippen LogP contribution >= 0.6 is 0 Å². The molecular formula is C14H18FN3O3S. The SMILES string of the molecule is Cc1nn(C(C)C)c(C)c1S(=O)(=O)Nc1cc(O)ccc1F. The molecule has 1 aromatic carbocycles. The summed E-state index contributed by atoms with van der Waals surface area (Å²) in [5.74, 6) is -1.00. The van der Waals surface area contributed by atoms with Gasteiger partial charge in [0.2, 0.25) is 0 Å². The van der Waals surface area contributed by atoms with Gasteiger partial charge in [0, 0.05) is 12.1 Å². The first-order chi connectivity index (χ1) is 10.1. The Labute approximate surface area is 128 Å². The van der Waals surface area contributed by atoms with Gasteiger partial charge in [0.05, 0.1) is 17.1 Å². The van der Waals surface area contributed by atoms with Gasteiger partial charge in [-0.2, -0.15) is 5.10 Å². The first kappa shape index (κ1) is 16.3. The number of halogens is 1. The Bertz CT molecular complexity index is 813. The molecule has 0 unspecified atom stereocenters. The molecule has 1 aromatic heterocycles. The molecule has 0 spiro atoms. The van der Waals surface area contributed by atoms with Gasteiger partial charge in [-0.1, -0.05) is 0 Å². The van der Waals surface area contributed by atoms with Crippen LogP contribution in [0.5, 0.6) is 5.75 Å². The number of sulfonamides is 1. The average Bonchev–Trinajstić information content (AvgIpc) is 2.69. The molecule has 1 heterocycles. The molecule has 0 amide bonds. The molecule has 22 heavy (non-hydrogen) atoms. The van der Waals surface area contributed by atoms with Gasteiger partial charge in [-0.25, -0.2) is 12.8 Å². The average molecular weight is 327 g/mol. The second-order valence-electron chi connectivity index (χ2n) is 5.31. The van der Waals surface area contributed by atoms with Crippen LogP contribution in [0.15, 0.2) is 23.1 Å². The molecule has 0 aliphatic heterocycles. The third kappa shape index (κ3) is 2.92. The molecule has 2 rings (SSSR count). The molecule has 8 heteroatoms. The number of rotatable bonds is 4. The monoisotopic (exact) mass is 327 g/mol. The number of phenolic OH excluding ortho intramolecular Hbond substituents is 1. The summed E-state index contributed by atoms with van der Waals surface area (Å²) in [4.78, 5) is 0.0175. The maximum Gasteiger partial charge on any atom is 0.265 e. The second kappa shape index (κ2) is 5.60. The highest BCUT2D eigenvalue weighted by Crippen LogP contribution is 2.27. The Hall–Kier alpha value is -2.09. The molecule has 2 N–H and O–H groups in total. The van der Waals surface area contributed by atoms with Crippen molar-refractivity contribution < 1.29 is 17.9 Å². The predicted octanol–water partition coefficient (Wildman–Crippen LogP) is 2.73. The highest BCUT2D eigenvalue weighted by atomic mass is 32.2. The molecular weight excluding hydrogens is 309 g/mol. The van der Waals surface area contributed by atoms with Crippen LogP contribution in [0.3, 0.4) is 0 Å². The summed E-state index contributed by atoms with van der Waals surface area (Å²) in [7, 11) is -4.01. The number of anilines is 1. The molecule has 0 aliphatic rings. The van der Waals surface area contributed by atoms with Crippen molar-refractivity contribution in [1.29, 1.82) is 0 Å². The first-order valence-corrected chi connectivity index (χ1v) is 8.19. The van der Waals surface area contributed by atoms with E-state index in [1.807, 2.05) is 13.8 Å². The van der Waals surface area contributed by atoms with Crippen molar-refractivity contribution in [2.45, 2.75) is 38.6 Å². The van der Waals surface area contributed by atoms with Crippen molar-refractivity contribution in [3.63, 3.8) is 0 Å². The lowest BCUT2D eigenvalue weighted by Crippen LogP contribution is -2.16. The number of aromatic hydroxyl groups is 1. The Morgan fingerprint density at radius 2 is 1.95 bits per heavy atom. The molecule has 2 aromatic rings. The summed E-state index contributed by atoms with van der Waals surface area (Å²) in [5.41, 5.74) is 0.496. The van der Waals surface area contributed by atoms with E-state index in [0.29, 0.717) is 11.4 Å². The van der Waals surface area contributed by atoms with Crippen LogP contribution in [-0.2, 0) is 10.0 Å². The molecule has 0 bridgehead atoms. The lowest BCUT2D eigenvalue weighted by atomic mass is 10.3. The van der Waals surface area contributed by atoms with E-state index in [2.05, 4.69) is 9.82 Å². The normalized spacial score (nSPS) is 11.9. The topological polar surface area (TPSA) is 84.2 Å². The number of aryl methyl sites for hydroxylation is 1. The molecule has 6 nitrogen and oxygen atoms in total. The van der Waals surface area contributed by atoms with Crippen LogP contribution in [0.25, 0.3) is 0 Å². The van der Waals surface area contributed by atoms with Gasteiger partial charge in [-0.05, 0) is 39.8 Å². The summed E-state index contributed by atoms with van der Waals surface area (Å²) in [5, 5.41) is 13.6. The van der Waals surface area contributed by atoms with Crippen molar-refractivity contribution in [3.8, 4) is 5.75 Å². The Morgan fingerprint density at radius 1 is 1.32 bits per heavy atom. The number of nitrogens with one attached hydrogen (secondary N) is 1. The third-order valence-electron chi connectivity index (χ3n) is 3.21. The van der Waals surface area contributed by atoms with Gasteiger partial charge in [-0.3, -0.25) is 9.40 Å². The molecule has 0 saturated heterocycles. The van der Waals surface area contributed by atoms with Crippen molar-refractivity contribution in [1.82, 2.24) is 9.78 Å². The zero-order valence-electron chi connectivity index (χ0n) is 12.8. The van der Waals surface area contributed by atoms with E-state index in [4.69, 9.17) is 0 Å². The quantitative estimate of drug-likeness (QED) is 0.904. The largest absolute Gasteiger partial charge is 0.508 e. The number of benzene rings is 1. The summed E-state index contributed by atoms with van der Waals surface area (Å²) >= 11 is 0. The summed E-state index contributed by atoms with van der Waals surface area (Å²) in [6.07, 6.45) is 0. The fraction of sp³-hybridized carbons (Fsp3) is 0.357. The van der Waals surface area contributed by atoms with E-state index < -0.39 is 15.8 Å². The number of hydrogen-bond acceptors (Lipinski definition) is 4. The van der Waals surface area contributed by atoms with Crippen LogP contribution in [-0.4, -0.2) is 23.3 Å².